The number of nitrogens with one attached hydrogen (secondary N) is 1. The fourth-order valence-electron chi connectivity index (χ4n) is 3.54. The van der Waals surface area contributed by atoms with E-state index in [0.717, 1.165) is 37.8 Å². The maximum Gasteiger partial charge on any atom is 0.261 e. The number of carbonyl (C=O) groups is 1. The summed E-state index contributed by atoms with van der Waals surface area (Å²) in [5.74, 6) is -1.78. The molecule has 0 saturated heterocycles. The van der Waals surface area contributed by atoms with Crippen LogP contribution < -0.4 is 4.72 Å². The van der Waals surface area contributed by atoms with E-state index < -0.39 is 21.7 Å². The molecule has 29 heavy (non-hydrogen) atoms. The first-order valence-electron chi connectivity index (χ1n) is 9.52. The molecule has 1 aliphatic carbocycles. The Bertz CT molecular complexity index is 985. The van der Waals surface area contributed by atoms with Crippen LogP contribution in [0.5, 0.6) is 0 Å². The van der Waals surface area contributed by atoms with Gasteiger partial charge in [-0.15, -0.1) is 0 Å². The molecule has 156 valence electrons. The van der Waals surface area contributed by atoms with Crippen molar-refractivity contribution in [1.82, 2.24) is 4.90 Å². The number of rotatable bonds is 5. The number of amides is 1. The fraction of sp³-hybridized carbons (Fsp3) is 0.381. The van der Waals surface area contributed by atoms with Crippen LogP contribution in [0.3, 0.4) is 0 Å². The topological polar surface area (TPSA) is 66.5 Å². The van der Waals surface area contributed by atoms with E-state index in [-0.39, 0.29) is 22.5 Å². The lowest BCUT2D eigenvalue weighted by Crippen LogP contribution is -2.39. The predicted octanol–water partition coefficient (Wildman–Crippen LogP) is 4.42. The zero-order valence-corrected chi connectivity index (χ0v) is 17.2. The molecule has 0 aromatic heterocycles. The Morgan fingerprint density at radius 1 is 1.00 bits per heavy atom. The smallest absolute Gasteiger partial charge is 0.261 e. The van der Waals surface area contributed by atoms with Crippen molar-refractivity contribution in [3.8, 4) is 0 Å². The van der Waals surface area contributed by atoms with Crippen LogP contribution in [0, 0.1) is 17.6 Å². The van der Waals surface area contributed by atoms with Crippen molar-refractivity contribution >= 4 is 21.6 Å². The molecule has 0 atom stereocenters. The Morgan fingerprint density at radius 2 is 1.62 bits per heavy atom. The summed E-state index contributed by atoms with van der Waals surface area (Å²) in [6, 6.07) is 8.62. The van der Waals surface area contributed by atoms with Gasteiger partial charge in [0.1, 0.15) is 0 Å². The third-order valence-corrected chi connectivity index (χ3v) is 6.82. The van der Waals surface area contributed by atoms with Gasteiger partial charge < -0.3 is 4.90 Å². The van der Waals surface area contributed by atoms with Gasteiger partial charge in [-0.3, -0.25) is 9.52 Å². The normalized spacial score (nSPS) is 19.6. The van der Waals surface area contributed by atoms with Crippen LogP contribution in [0.4, 0.5) is 14.5 Å². The molecule has 0 unspecified atom stereocenters. The number of carbonyl (C=O) groups excluding carboxylic acids is 1. The Labute approximate surface area is 169 Å². The zero-order chi connectivity index (χ0) is 21.2. The van der Waals surface area contributed by atoms with Crippen molar-refractivity contribution < 1.29 is 22.0 Å². The second-order valence-electron chi connectivity index (χ2n) is 7.59. The van der Waals surface area contributed by atoms with Gasteiger partial charge in [0.25, 0.3) is 15.9 Å². The molecule has 3 rings (SSSR count). The molecule has 1 N–H and O–H groups in total. The molecular weight excluding hydrogens is 398 g/mol. The van der Waals surface area contributed by atoms with E-state index in [1.807, 2.05) is 0 Å². The molecule has 1 fully saturated rings. The minimum atomic E-state index is -4.08. The average Bonchev–Trinajstić information content (AvgIpc) is 2.70. The van der Waals surface area contributed by atoms with Gasteiger partial charge in [-0.25, -0.2) is 17.2 Å². The van der Waals surface area contributed by atoms with Crippen molar-refractivity contribution in [3.63, 3.8) is 0 Å². The first kappa shape index (κ1) is 21.2. The maximum atomic E-state index is 13.3. The number of anilines is 1. The van der Waals surface area contributed by atoms with E-state index in [0.29, 0.717) is 17.5 Å². The predicted molar refractivity (Wildman–Crippen MR) is 107 cm³/mol. The molecule has 8 heteroatoms. The molecular formula is C21H24F2N2O3S. The molecule has 1 saturated carbocycles. The summed E-state index contributed by atoms with van der Waals surface area (Å²) in [4.78, 5) is 14.1. The van der Waals surface area contributed by atoms with Crippen molar-refractivity contribution in [1.29, 1.82) is 0 Å². The Morgan fingerprint density at radius 3 is 2.21 bits per heavy atom. The van der Waals surface area contributed by atoms with E-state index in [4.69, 9.17) is 0 Å². The van der Waals surface area contributed by atoms with E-state index in [9.17, 15) is 22.0 Å². The molecule has 0 heterocycles. The van der Waals surface area contributed by atoms with Gasteiger partial charge in [0, 0.05) is 24.3 Å². The van der Waals surface area contributed by atoms with Gasteiger partial charge in [-0.05, 0) is 74.1 Å². The highest BCUT2D eigenvalue weighted by Crippen LogP contribution is 2.27. The van der Waals surface area contributed by atoms with E-state index in [2.05, 4.69) is 11.6 Å². The van der Waals surface area contributed by atoms with Gasteiger partial charge in [0.15, 0.2) is 11.6 Å². The molecule has 0 aliphatic heterocycles. The van der Waals surface area contributed by atoms with Gasteiger partial charge in [0.2, 0.25) is 0 Å². The number of halogens is 2. The highest BCUT2D eigenvalue weighted by atomic mass is 32.2. The van der Waals surface area contributed by atoms with Crippen molar-refractivity contribution in [2.45, 2.75) is 43.5 Å². The molecule has 5 nitrogen and oxygen atoms in total. The molecule has 1 aliphatic rings. The maximum absolute atomic E-state index is 13.3. The van der Waals surface area contributed by atoms with Gasteiger partial charge in [0.05, 0.1) is 4.90 Å². The Hall–Kier alpha value is -2.48. The number of hydrogen-bond donors (Lipinski definition) is 1. The number of hydrogen-bond acceptors (Lipinski definition) is 3. The lowest BCUT2D eigenvalue weighted by Gasteiger charge is -2.33. The van der Waals surface area contributed by atoms with Crippen molar-refractivity contribution in [2.75, 3.05) is 11.8 Å². The van der Waals surface area contributed by atoms with Crippen LogP contribution >= 0.6 is 0 Å². The second-order valence-corrected chi connectivity index (χ2v) is 9.27. The minimum absolute atomic E-state index is 0.112. The highest BCUT2D eigenvalue weighted by Gasteiger charge is 2.25. The van der Waals surface area contributed by atoms with Crippen LogP contribution in [-0.4, -0.2) is 32.3 Å². The zero-order valence-electron chi connectivity index (χ0n) is 16.4. The highest BCUT2D eigenvalue weighted by molar-refractivity contribution is 7.92. The fourth-order valence-corrected chi connectivity index (χ4v) is 4.61. The number of benzene rings is 2. The molecule has 0 radical (unpaired) electrons. The van der Waals surface area contributed by atoms with E-state index in [1.165, 1.54) is 12.1 Å². The van der Waals surface area contributed by atoms with Crippen molar-refractivity contribution in [2.24, 2.45) is 5.92 Å². The van der Waals surface area contributed by atoms with Crippen LogP contribution in [-0.2, 0) is 10.0 Å². The number of sulfonamides is 1. The summed E-state index contributed by atoms with van der Waals surface area (Å²) in [5.41, 5.74) is 0.683. The van der Waals surface area contributed by atoms with Crippen LogP contribution in [0.2, 0.25) is 0 Å². The summed E-state index contributed by atoms with van der Waals surface area (Å²) in [5, 5.41) is 0. The molecule has 2 aromatic rings. The van der Waals surface area contributed by atoms with E-state index in [1.54, 1.807) is 24.1 Å². The third kappa shape index (κ3) is 4.93. The summed E-state index contributed by atoms with van der Waals surface area (Å²) in [7, 11) is -2.28. The first-order chi connectivity index (χ1) is 13.7. The summed E-state index contributed by atoms with van der Waals surface area (Å²) in [6.07, 6.45) is 4.17. The lowest BCUT2D eigenvalue weighted by atomic mass is 9.86. The monoisotopic (exact) mass is 422 g/mol. The minimum Gasteiger partial charge on any atom is -0.339 e. The number of nitrogens with zero attached hydrogens (tertiary/aromatic N) is 1. The summed E-state index contributed by atoms with van der Waals surface area (Å²) < 4.78 is 53.4. The van der Waals surface area contributed by atoms with Gasteiger partial charge in [-0.2, -0.15) is 0 Å². The summed E-state index contributed by atoms with van der Waals surface area (Å²) in [6.45, 7) is 2.22. The van der Waals surface area contributed by atoms with Crippen LogP contribution in [0.25, 0.3) is 0 Å². The van der Waals surface area contributed by atoms with Crippen LogP contribution in [0.1, 0.15) is 43.0 Å². The lowest BCUT2D eigenvalue weighted by molar-refractivity contribution is 0.0679. The molecule has 2 aromatic carbocycles. The second kappa shape index (κ2) is 8.49. The Balaban J connectivity index is 1.69. The standard InChI is InChI=1S/C21H24F2N2O3S/c1-14-3-9-17(10-4-14)25(2)21(26)15-5-7-16(8-6-15)24-29(27,28)18-11-12-19(22)20(23)13-18/h5-8,11-14,17,24H,3-4,9-10H2,1-2H3. The molecule has 0 spiro atoms. The first-order valence-corrected chi connectivity index (χ1v) is 11.0. The third-order valence-electron chi connectivity index (χ3n) is 5.44. The Kier molecular flexibility index (Phi) is 6.21. The van der Waals surface area contributed by atoms with Crippen LogP contribution in [0.15, 0.2) is 47.4 Å². The summed E-state index contributed by atoms with van der Waals surface area (Å²) >= 11 is 0. The van der Waals surface area contributed by atoms with E-state index >= 15 is 0 Å². The molecule has 1 amide bonds. The van der Waals surface area contributed by atoms with Gasteiger partial charge >= 0.3 is 0 Å². The molecule has 0 bridgehead atoms. The SMILES string of the molecule is CC1CCC(N(C)C(=O)c2ccc(NS(=O)(=O)c3ccc(F)c(F)c3)cc2)CC1. The van der Waals surface area contributed by atoms with Gasteiger partial charge in [-0.1, -0.05) is 6.92 Å². The average molecular weight is 422 g/mol. The van der Waals surface area contributed by atoms with Crippen molar-refractivity contribution in [3.05, 3.63) is 59.7 Å². The largest absolute Gasteiger partial charge is 0.339 e. The quantitative estimate of drug-likeness (QED) is 0.776.